The highest BCUT2D eigenvalue weighted by Crippen LogP contribution is 2.22. The van der Waals surface area contributed by atoms with Crippen LogP contribution in [0.4, 0.5) is 4.39 Å². The molecule has 156 valence electrons. The molecule has 0 unspecified atom stereocenters. The number of carbonyl (C=O) groups is 1. The fourth-order valence-corrected chi connectivity index (χ4v) is 4.43. The maximum absolute atomic E-state index is 12.9. The molecule has 0 atom stereocenters. The Bertz CT molecular complexity index is 1120. The number of hydrogen-bond donors (Lipinski definition) is 1. The Hall–Kier alpha value is -2.71. The van der Waals surface area contributed by atoms with Crippen molar-refractivity contribution in [2.75, 3.05) is 5.75 Å². The maximum atomic E-state index is 12.9. The number of benzene rings is 3. The Morgan fingerprint density at radius 2 is 1.57 bits per heavy atom. The lowest BCUT2D eigenvalue weighted by Gasteiger charge is -2.09. The van der Waals surface area contributed by atoms with Crippen molar-refractivity contribution in [2.45, 2.75) is 12.3 Å². The summed E-state index contributed by atoms with van der Waals surface area (Å²) in [7, 11) is -3.58. The first-order valence-corrected chi connectivity index (χ1v) is 11.6. The second kappa shape index (κ2) is 9.86. The van der Waals surface area contributed by atoms with Crippen LogP contribution in [0.2, 0.25) is 0 Å². The monoisotopic (exact) mass is 491 g/mol. The van der Waals surface area contributed by atoms with E-state index in [-0.39, 0.29) is 18.1 Å². The molecule has 3 aromatic carbocycles. The Morgan fingerprint density at radius 3 is 2.20 bits per heavy atom. The van der Waals surface area contributed by atoms with E-state index in [1.807, 2.05) is 0 Å². The average molecular weight is 492 g/mol. The van der Waals surface area contributed by atoms with E-state index in [1.165, 1.54) is 24.3 Å². The van der Waals surface area contributed by atoms with Crippen molar-refractivity contribution in [3.8, 4) is 11.5 Å². The minimum atomic E-state index is -3.58. The van der Waals surface area contributed by atoms with Gasteiger partial charge in [0.15, 0.2) is 9.84 Å². The van der Waals surface area contributed by atoms with Crippen LogP contribution in [0, 0.1) is 5.82 Å². The molecule has 3 aromatic rings. The van der Waals surface area contributed by atoms with Crippen LogP contribution in [0.15, 0.2) is 77.3 Å². The molecule has 0 aromatic heterocycles. The van der Waals surface area contributed by atoms with Crippen molar-refractivity contribution >= 4 is 31.7 Å². The molecule has 0 aliphatic carbocycles. The molecule has 0 heterocycles. The van der Waals surface area contributed by atoms with Crippen molar-refractivity contribution in [3.05, 3.63) is 94.2 Å². The van der Waals surface area contributed by atoms with Crippen LogP contribution < -0.4 is 10.1 Å². The normalized spacial score (nSPS) is 11.1. The standard InChI is InChI=1S/C22H19BrFNO4S/c23-18-3-1-2-17(12-18)14-30(27,28)15-22(26)25-13-16-4-8-20(9-5-16)29-21-10-6-19(24)7-11-21/h1-12H,13-15H2,(H,25,26). The molecular formula is C22H19BrFNO4S. The second-order valence-electron chi connectivity index (χ2n) is 6.64. The minimum Gasteiger partial charge on any atom is -0.457 e. The van der Waals surface area contributed by atoms with E-state index in [2.05, 4.69) is 21.2 Å². The molecule has 0 saturated heterocycles. The Morgan fingerprint density at radius 1 is 0.933 bits per heavy atom. The van der Waals surface area contributed by atoms with Gasteiger partial charge in [-0.1, -0.05) is 40.2 Å². The summed E-state index contributed by atoms with van der Waals surface area (Å²) in [6.45, 7) is 0.196. The summed E-state index contributed by atoms with van der Waals surface area (Å²) < 4.78 is 43.8. The van der Waals surface area contributed by atoms with Gasteiger partial charge in [-0.2, -0.15) is 0 Å². The summed E-state index contributed by atoms with van der Waals surface area (Å²) >= 11 is 3.30. The first-order valence-electron chi connectivity index (χ1n) is 9.03. The SMILES string of the molecule is O=C(CS(=O)(=O)Cc1cccc(Br)c1)NCc1ccc(Oc2ccc(F)cc2)cc1. The van der Waals surface area contributed by atoms with Gasteiger partial charge in [-0.05, 0) is 59.7 Å². The predicted octanol–water partition coefficient (Wildman–Crippen LogP) is 4.61. The Kier molecular flexibility index (Phi) is 7.23. The third-order valence-corrected chi connectivity index (χ3v) is 6.06. The number of rotatable bonds is 8. The molecule has 30 heavy (non-hydrogen) atoms. The van der Waals surface area contributed by atoms with E-state index in [4.69, 9.17) is 4.74 Å². The molecule has 3 rings (SSSR count). The lowest BCUT2D eigenvalue weighted by Crippen LogP contribution is -2.30. The zero-order valence-electron chi connectivity index (χ0n) is 15.8. The van der Waals surface area contributed by atoms with Gasteiger partial charge in [0.05, 0.1) is 5.75 Å². The van der Waals surface area contributed by atoms with Crippen LogP contribution in [0.1, 0.15) is 11.1 Å². The van der Waals surface area contributed by atoms with Gasteiger partial charge in [-0.15, -0.1) is 0 Å². The third kappa shape index (κ3) is 6.96. The number of hydrogen-bond acceptors (Lipinski definition) is 4. The van der Waals surface area contributed by atoms with Gasteiger partial charge in [0, 0.05) is 11.0 Å². The largest absolute Gasteiger partial charge is 0.457 e. The van der Waals surface area contributed by atoms with Gasteiger partial charge >= 0.3 is 0 Å². The van der Waals surface area contributed by atoms with Gasteiger partial charge in [0.2, 0.25) is 5.91 Å². The smallest absolute Gasteiger partial charge is 0.235 e. The average Bonchev–Trinajstić information content (AvgIpc) is 2.68. The summed E-state index contributed by atoms with van der Waals surface area (Å²) in [6, 6.07) is 19.6. The summed E-state index contributed by atoms with van der Waals surface area (Å²) in [6.07, 6.45) is 0. The van der Waals surface area contributed by atoms with Crippen molar-refractivity contribution < 1.29 is 22.3 Å². The molecule has 5 nitrogen and oxygen atoms in total. The van der Waals surface area contributed by atoms with Crippen LogP contribution >= 0.6 is 15.9 Å². The quantitative estimate of drug-likeness (QED) is 0.499. The predicted molar refractivity (Wildman–Crippen MR) is 116 cm³/mol. The van der Waals surface area contributed by atoms with E-state index in [0.717, 1.165) is 10.0 Å². The number of nitrogens with one attached hydrogen (secondary N) is 1. The van der Waals surface area contributed by atoms with Crippen LogP contribution in [-0.4, -0.2) is 20.1 Å². The molecule has 0 fully saturated rings. The summed E-state index contributed by atoms with van der Waals surface area (Å²) in [4.78, 5) is 12.1. The zero-order chi connectivity index (χ0) is 21.6. The van der Waals surface area contributed by atoms with Crippen LogP contribution in [-0.2, 0) is 26.9 Å². The number of carbonyl (C=O) groups excluding carboxylic acids is 1. The highest BCUT2D eigenvalue weighted by atomic mass is 79.9. The van der Waals surface area contributed by atoms with Crippen molar-refractivity contribution in [2.24, 2.45) is 0 Å². The van der Waals surface area contributed by atoms with Gasteiger partial charge in [0.1, 0.15) is 23.1 Å². The molecular weight excluding hydrogens is 473 g/mol. The van der Waals surface area contributed by atoms with E-state index in [0.29, 0.717) is 17.1 Å². The van der Waals surface area contributed by atoms with E-state index >= 15 is 0 Å². The fraction of sp³-hybridized carbons (Fsp3) is 0.136. The number of amides is 1. The van der Waals surface area contributed by atoms with Gasteiger partial charge in [-0.25, -0.2) is 12.8 Å². The highest BCUT2D eigenvalue weighted by molar-refractivity contribution is 9.10. The zero-order valence-corrected chi connectivity index (χ0v) is 18.2. The Labute approximate surface area is 182 Å². The minimum absolute atomic E-state index is 0.196. The lowest BCUT2D eigenvalue weighted by molar-refractivity contribution is -0.118. The van der Waals surface area contributed by atoms with Crippen molar-refractivity contribution in [3.63, 3.8) is 0 Å². The van der Waals surface area contributed by atoms with Gasteiger partial charge in [0.25, 0.3) is 0 Å². The van der Waals surface area contributed by atoms with Crippen LogP contribution in [0.25, 0.3) is 0 Å². The molecule has 0 radical (unpaired) electrons. The van der Waals surface area contributed by atoms with E-state index in [9.17, 15) is 17.6 Å². The summed E-state index contributed by atoms with van der Waals surface area (Å²) in [5.41, 5.74) is 1.41. The molecule has 0 spiro atoms. The molecule has 0 saturated carbocycles. The van der Waals surface area contributed by atoms with E-state index < -0.39 is 21.5 Å². The van der Waals surface area contributed by atoms with Gasteiger partial charge in [-0.3, -0.25) is 4.79 Å². The molecule has 0 aliphatic rings. The van der Waals surface area contributed by atoms with Crippen LogP contribution in [0.5, 0.6) is 11.5 Å². The molecule has 1 N–H and O–H groups in total. The highest BCUT2D eigenvalue weighted by Gasteiger charge is 2.17. The van der Waals surface area contributed by atoms with Crippen molar-refractivity contribution in [1.82, 2.24) is 5.32 Å². The van der Waals surface area contributed by atoms with Crippen LogP contribution in [0.3, 0.4) is 0 Å². The first-order chi connectivity index (χ1) is 14.3. The van der Waals surface area contributed by atoms with Gasteiger partial charge < -0.3 is 10.1 Å². The lowest BCUT2D eigenvalue weighted by atomic mass is 10.2. The molecule has 1 amide bonds. The summed E-state index contributed by atoms with van der Waals surface area (Å²) in [5, 5.41) is 2.62. The number of sulfone groups is 1. The number of ether oxygens (including phenoxy) is 1. The third-order valence-electron chi connectivity index (χ3n) is 4.09. The topological polar surface area (TPSA) is 72.5 Å². The fourth-order valence-electron chi connectivity index (χ4n) is 2.70. The van der Waals surface area contributed by atoms with E-state index in [1.54, 1.807) is 48.5 Å². The first kappa shape index (κ1) is 22.0. The molecule has 0 aliphatic heterocycles. The van der Waals surface area contributed by atoms with Crippen molar-refractivity contribution in [1.29, 1.82) is 0 Å². The summed E-state index contributed by atoms with van der Waals surface area (Å²) in [5.74, 6) is -0.606. The molecule has 0 bridgehead atoms. The molecule has 8 heteroatoms. The maximum Gasteiger partial charge on any atom is 0.235 e. The number of halogens is 2. The second-order valence-corrected chi connectivity index (χ2v) is 9.62. The Balaban J connectivity index is 1.49.